The molecule has 2 aromatic rings. The molecule has 4 fully saturated rings. The van der Waals surface area contributed by atoms with E-state index in [9.17, 15) is 10.1 Å². The molecule has 8 heteroatoms. The van der Waals surface area contributed by atoms with Gasteiger partial charge in [0, 0.05) is 37.0 Å². The zero-order valence-corrected chi connectivity index (χ0v) is 19.3. The van der Waals surface area contributed by atoms with E-state index in [1.54, 1.807) is 6.08 Å². The van der Waals surface area contributed by atoms with E-state index in [4.69, 9.17) is 10.7 Å². The summed E-state index contributed by atoms with van der Waals surface area (Å²) in [6.07, 6.45) is 8.22. The first kappa shape index (κ1) is 21.1. The van der Waals surface area contributed by atoms with Gasteiger partial charge in [0.25, 0.3) is 0 Å². The number of hydrogen-bond acceptors (Lipinski definition) is 7. The van der Waals surface area contributed by atoms with E-state index < -0.39 is 0 Å². The molecule has 6 rings (SSSR count). The van der Waals surface area contributed by atoms with Crippen molar-refractivity contribution in [2.24, 2.45) is 11.8 Å². The maximum Gasteiger partial charge on any atom is 0.226 e. The number of aromatic nitrogens is 3. The fourth-order valence-corrected chi connectivity index (χ4v) is 5.17. The highest BCUT2D eigenvalue weighted by Crippen LogP contribution is 2.45. The molecule has 3 aliphatic carbocycles. The first-order valence-corrected chi connectivity index (χ1v) is 12.3. The van der Waals surface area contributed by atoms with Crippen LogP contribution in [0.25, 0.3) is 17.3 Å². The first-order chi connectivity index (χ1) is 16.6. The summed E-state index contributed by atoms with van der Waals surface area (Å²) in [6, 6.07) is 6.35. The van der Waals surface area contributed by atoms with Gasteiger partial charge in [0.1, 0.15) is 11.9 Å². The average molecular weight is 456 g/mol. The van der Waals surface area contributed by atoms with Gasteiger partial charge in [-0.25, -0.2) is 15.0 Å². The molecule has 0 radical (unpaired) electrons. The molecule has 1 unspecified atom stereocenters. The van der Waals surface area contributed by atoms with E-state index in [1.165, 1.54) is 12.8 Å². The van der Waals surface area contributed by atoms with Crippen LogP contribution in [0.2, 0.25) is 0 Å². The summed E-state index contributed by atoms with van der Waals surface area (Å²) < 4.78 is 0. The van der Waals surface area contributed by atoms with E-state index >= 15 is 0 Å². The topological polar surface area (TPSA) is 112 Å². The summed E-state index contributed by atoms with van der Waals surface area (Å²) in [4.78, 5) is 31.0. The molecule has 3 heterocycles. The van der Waals surface area contributed by atoms with Crippen molar-refractivity contribution in [3.63, 3.8) is 0 Å². The molecule has 4 aliphatic rings. The average Bonchev–Trinajstić information content (AvgIpc) is 3.72. The maximum atomic E-state index is 12.9. The number of nitrogens with two attached hydrogens (primary N) is 1. The molecule has 174 valence electrons. The Kier molecular flexibility index (Phi) is 5.01. The van der Waals surface area contributed by atoms with Crippen molar-refractivity contribution in [1.82, 2.24) is 19.9 Å². The largest absolute Gasteiger partial charge is 0.368 e. The molecule has 34 heavy (non-hydrogen) atoms. The van der Waals surface area contributed by atoms with Crippen molar-refractivity contribution in [1.29, 1.82) is 5.26 Å². The van der Waals surface area contributed by atoms with Gasteiger partial charge in [-0.3, -0.25) is 4.79 Å². The van der Waals surface area contributed by atoms with E-state index in [2.05, 4.69) is 32.4 Å². The Hall–Kier alpha value is -3.47. The fraction of sp³-hybridized carbons (Fsp3) is 0.500. The van der Waals surface area contributed by atoms with Gasteiger partial charge in [0.2, 0.25) is 11.9 Å². The number of pyridine rings is 1. The number of nitrogens with zero attached hydrogens (tertiary/aromatic N) is 6. The minimum absolute atomic E-state index is 0.181. The molecule has 3 saturated carbocycles. The third-order valence-corrected chi connectivity index (χ3v) is 7.46. The zero-order chi connectivity index (χ0) is 23.4. The maximum absolute atomic E-state index is 12.9. The van der Waals surface area contributed by atoms with Crippen LogP contribution in [-0.4, -0.2) is 51.4 Å². The molecule has 1 amide bonds. The van der Waals surface area contributed by atoms with Gasteiger partial charge in [-0.1, -0.05) is 6.58 Å². The molecular formula is C26H29N7O. The van der Waals surface area contributed by atoms with Crippen molar-refractivity contribution >= 4 is 23.7 Å². The Morgan fingerprint density at radius 2 is 1.91 bits per heavy atom. The van der Waals surface area contributed by atoms with Crippen LogP contribution in [0.15, 0.2) is 18.7 Å². The van der Waals surface area contributed by atoms with Crippen LogP contribution in [0.4, 0.5) is 11.8 Å². The number of anilines is 2. The zero-order valence-electron chi connectivity index (χ0n) is 19.3. The van der Waals surface area contributed by atoms with Crippen molar-refractivity contribution in [2.75, 3.05) is 30.3 Å². The summed E-state index contributed by atoms with van der Waals surface area (Å²) in [5.74, 6) is 2.42. The number of hydrogen-bond donors (Lipinski definition) is 1. The van der Waals surface area contributed by atoms with Gasteiger partial charge in [0.05, 0.1) is 28.7 Å². The molecular weight excluding hydrogens is 426 g/mol. The Balaban J connectivity index is 1.36. The minimum atomic E-state index is 0.181. The Bertz CT molecular complexity index is 1210. The SMILES string of the molecule is C=Cc1cc(-c2cc(C#N)c(N3CCN(C(=O)C4CC4)C(C4CC4)C3)nc2C2CC2)nc(N)n1. The first-order valence-electron chi connectivity index (χ1n) is 12.3. The predicted molar refractivity (Wildman–Crippen MR) is 130 cm³/mol. The molecule has 2 N–H and O–H groups in total. The summed E-state index contributed by atoms with van der Waals surface area (Å²) in [6.45, 7) is 5.95. The number of nitriles is 1. The number of carbonyl (C=O) groups is 1. The molecule has 8 nitrogen and oxygen atoms in total. The van der Waals surface area contributed by atoms with Gasteiger partial charge in [-0.2, -0.15) is 5.26 Å². The van der Waals surface area contributed by atoms with Gasteiger partial charge < -0.3 is 15.5 Å². The lowest BCUT2D eigenvalue weighted by molar-refractivity contribution is -0.135. The van der Waals surface area contributed by atoms with Crippen LogP contribution in [-0.2, 0) is 4.79 Å². The highest BCUT2D eigenvalue weighted by atomic mass is 16.2. The van der Waals surface area contributed by atoms with Crippen molar-refractivity contribution in [3.8, 4) is 17.3 Å². The lowest BCUT2D eigenvalue weighted by Gasteiger charge is -2.43. The van der Waals surface area contributed by atoms with E-state index in [0.29, 0.717) is 47.8 Å². The Morgan fingerprint density at radius 1 is 1.12 bits per heavy atom. The third-order valence-electron chi connectivity index (χ3n) is 7.46. The van der Waals surface area contributed by atoms with Gasteiger partial charge in [-0.05, 0) is 62.7 Å². The number of carbonyl (C=O) groups excluding carboxylic acids is 1. The van der Waals surface area contributed by atoms with Crippen molar-refractivity contribution in [3.05, 3.63) is 35.7 Å². The number of piperazine rings is 1. The second kappa shape index (κ2) is 8.08. The smallest absolute Gasteiger partial charge is 0.226 e. The minimum Gasteiger partial charge on any atom is -0.368 e. The molecule has 0 aromatic carbocycles. The Labute approximate surface area is 199 Å². The highest BCUT2D eigenvalue weighted by molar-refractivity contribution is 5.82. The van der Waals surface area contributed by atoms with Crippen molar-refractivity contribution < 1.29 is 4.79 Å². The van der Waals surface area contributed by atoms with Crippen LogP contribution >= 0.6 is 0 Å². The number of rotatable bonds is 6. The highest BCUT2D eigenvalue weighted by Gasteiger charge is 2.45. The number of amides is 1. The normalized spacial score (nSPS) is 22.4. The van der Waals surface area contributed by atoms with Crippen LogP contribution < -0.4 is 10.6 Å². The quantitative estimate of drug-likeness (QED) is 0.711. The lowest BCUT2D eigenvalue weighted by Crippen LogP contribution is -2.57. The summed E-state index contributed by atoms with van der Waals surface area (Å²) in [7, 11) is 0. The summed E-state index contributed by atoms with van der Waals surface area (Å²) in [5.41, 5.74) is 9.63. The molecule has 1 aliphatic heterocycles. The molecule has 0 spiro atoms. The molecule has 2 aromatic heterocycles. The molecule has 1 atom stereocenters. The lowest BCUT2D eigenvalue weighted by atomic mass is 10.0. The van der Waals surface area contributed by atoms with Crippen LogP contribution in [0, 0.1) is 23.2 Å². The third kappa shape index (κ3) is 3.89. The molecule has 1 saturated heterocycles. The number of nitrogen functional groups attached to an aromatic ring is 1. The summed E-state index contributed by atoms with van der Waals surface area (Å²) >= 11 is 0. The monoisotopic (exact) mass is 455 g/mol. The van der Waals surface area contributed by atoms with Crippen LogP contribution in [0.1, 0.15) is 61.4 Å². The fourth-order valence-electron chi connectivity index (χ4n) is 5.17. The van der Waals surface area contributed by atoms with E-state index in [0.717, 1.165) is 49.3 Å². The Morgan fingerprint density at radius 3 is 2.56 bits per heavy atom. The van der Waals surface area contributed by atoms with Crippen LogP contribution in [0.5, 0.6) is 0 Å². The van der Waals surface area contributed by atoms with Crippen molar-refractivity contribution in [2.45, 2.75) is 50.5 Å². The van der Waals surface area contributed by atoms with E-state index in [1.807, 2.05) is 12.1 Å². The summed E-state index contributed by atoms with van der Waals surface area (Å²) in [5, 5.41) is 10.1. The van der Waals surface area contributed by atoms with Crippen LogP contribution in [0.3, 0.4) is 0 Å². The standard InChI is InChI=1S/C26H29N7O/c1-2-19-12-21(30-26(28)29-19)20-11-18(13-27)24(31-23(20)16-5-6-16)32-9-10-33(25(34)17-7-8-17)22(14-32)15-3-4-15/h2,11-12,15-17,22H,1,3-10,14H2,(H2,28,29,30). The molecule has 0 bridgehead atoms. The van der Waals surface area contributed by atoms with Gasteiger partial charge >= 0.3 is 0 Å². The predicted octanol–water partition coefficient (Wildman–Crippen LogP) is 3.35. The van der Waals surface area contributed by atoms with Gasteiger partial charge in [0.15, 0.2) is 0 Å². The second-order valence-electron chi connectivity index (χ2n) is 10.1. The van der Waals surface area contributed by atoms with Gasteiger partial charge in [-0.15, -0.1) is 0 Å². The van der Waals surface area contributed by atoms with E-state index in [-0.39, 0.29) is 17.9 Å². The second-order valence-corrected chi connectivity index (χ2v) is 10.1.